The number of carbonyl (C=O) groups excluding carboxylic acids is 1. The van der Waals surface area contributed by atoms with E-state index < -0.39 is 6.04 Å². The number of hydrogen-bond donors (Lipinski definition) is 3. The van der Waals surface area contributed by atoms with Crippen molar-refractivity contribution in [3.8, 4) is 11.5 Å². The predicted octanol–water partition coefficient (Wildman–Crippen LogP) is -0.216. The zero-order chi connectivity index (χ0) is 13.7. The second-order valence-electron chi connectivity index (χ2n) is 4.34. The highest BCUT2D eigenvalue weighted by molar-refractivity contribution is 5.81. The standard InChI is InChI=1S/C13H18N2O4/c14-10(8-16)13(17)15-7-9-2-3-11-12(6-9)19-5-1-4-18-11/h2-3,6,10,16H,1,4-5,7-8,14H2,(H,15,17). The highest BCUT2D eigenvalue weighted by Crippen LogP contribution is 2.30. The lowest BCUT2D eigenvalue weighted by atomic mass is 10.2. The summed E-state index contributed by atoms with van der Waals surface area (Å²) in [5, 5.41) is 11.4. The lowest BCUT2D eigenvalue weighted by molar-refractivity contribution is -0.123. The maximum atomic E-state index is 11.4. The van der Waals surface area contributed by atoms with Crippen molar-refractivity contribution < 1.29 is 19.4 Å². The number of fused-ring (bicyclic) bond motifs is 1. The molecule has 0 fully saturated rings. The molecule has 0 bridgehead atoms. The summed E-state index contributed by atoms with van der Waals surface area (Å²) < 4.78 is 11.1. The van der Waals surface area contributed by atoms with Crippen molar-refractivity contribution in [2.45, 2.75) is 19.0 Å². The molecule has 2 rings (SSSR count). The molecule has 4 N–H and O–H groups in total. The van der Waals surface area contributed by atoms with Crippen molar-refractivity contribution in [1.82, 2.24) is 5.32 Å². The summed E-state index contributed by atoms with van der Waals surface area (Å²) in [5.74, 6) is 1.03. The highest BCUT2D eigenvalue weighted by Gasteiger charge is 2.13. The van der Waals surface area contributed by atoms with E-state index in [2.05, 4.69) is 5.32 Å². The van der Waals surface area contributed by atoms with Crippen molar-refractivity contribution in [3.05, 3.63) is 23.8 Å². The van der Waals surface area contributed by atoms with Gasteiger partial charge in [0.15, 0.2) is 11.5 Å². The van der Waals surface area contributed by atoms with E-state index in [1.165, 1.54) is 0 Å². The van der Waals surface area contributed by atoms with Gasteiger partial charge < -0.3 is 25.6 Å². The van der Waals surface area contributed by atoms with E-state index in [1.54, 1.807) is 0 Å². The normalized spacial score (nSPS) is 15.5. The fourth-order valence-electron chi connectivity index (χ4n) is 1.72. The van der Waals surface area contributed by atoms with Crippen molar-refractivity contribution in [2.75, 3.05) is 19.8 Å². The minimum atomic E-state index is -0.889. The molecule has 0 aromatic heterocycles. The summed E-state index contributed by atoms with van der Waals surface area (Å²) >= 11 is 0. The first-order valence-electron chi connectivity index (χ1n) is 6.23. The number of rotatable bonds is 4. The van der Waals surface area contributed by atoms with Gasteiger partial charge >= 0.3 is 0 Å². The van der Waals surface area contributed by atoms with E-state index in [-0.39, 0.29) is 12.5 Å². The molecule has 1 unspecified atom stereocenters. The number of aliphatic hydroxyl groups excluding tert-OH is 1. The maximum absolute atomic E-state index is 11.4. The Labute approximate surface area is 111 Å². The van der Waals surface area contributed by atoms with E-state index in [9.17, 15) is 4.79 Å². The molecule has 0 radical (unpaired) electrons. The molecule has 6 nitrogen and oxygen atoms in total. The van der Waals surface area contributed by atoms with Gasteiger partial charge in [0.05, 0.1) is 19.8 Å². The Balaban J connectivity index is 1.98. The van der Waals surface area contributed by atoms with Crippen molar-refractivity contribution in [1.29, 1.82) is 0 Å². The van der Waals surface area contributed by atoms with Crippen LogP contribution in [0.25, 0.3) is 0 Å². The molecule has 6 heteroatoms. The van der Waals surface area contributed by atoms with Crippen LogP contribution in [0.2, 0.25) is 0 Å². The Morgan fingerprint density at radius 1 is 1.37 bits per heavy atom. The average molecular weight is 266 g/mol. The number of nitrogens with one attached hydrogen (secondary N) is 1. The van der Waals surface area contributed by atoms with Gasteiger partial charge in [-0.05, 0) is 17.7 Å². The van der Waals surface area contributed by atoms with Crippen LogP contribution >= 0.6 is 0 Å². The van der Waals surface area contributed by atoms with Crippen LogP contribution in [0.1, 0.15) is 12.0 Å². The molecule has 1 aliphatic heterocycles. The summed E-state index contributed by atoms with van der Waals surface area (Å²) in [6, 6.07) is 4.64. The van der Waals surface area contributed by atoms with E-state index >= 15 is 0 Å². The monoisotopic (exact) mass is 266 g/mol. The number of benzene rings is 1. The first kappa shape index (κ1) is 13.6. The average Bonchev–Trinajstić information content (AvgIpc) is 2.68. The molecule has 1 aliphatic rings. The van der Waals surface area contributed by atoms with E-state index in [0.29, 0.717) is 25.5 Å². The van der Waals surface area contributed by atoms with Crippen molar-refractivity contribution in [2.24, 2.45) is 5.73 Å². The van der Waals surface area contributed by atoms with Crippen LogP contribution in [0.4, 0.5) is 0 Å². The van der Waals surface area contributed by atoms with Crippen LogP contribution in [0.3, 0.4) is 0 Å². The smallest absolute Gasteiger partial charge is 0.239 e. The van der Waals surface area contributed by atoms with Crippen LogP contribution in [0, 0.1) is 0 Å². The third kappa shape index (κ3) is 3.59. The minimum absolute atomic E-state index is 0.336. The third-order valence-electron chi connectivity index (χ3n) is 2.81. The van der Waals surface area contributed by atoms with Gasteiger partial charge in [-0.3, -0.25) is 4.79 Å². The minimum Gasteiger partial charge on any atom is -0.490 e. The van der Waals surface area contributed by atoms with Gasteiger partial charge in [-0.1, -0.05) is 6.07 Å². The second-order valence-corrected chi connectivity index (χ2v) is 4.34. The van der Waals surface area contributed by atoms with Gasteiger partial charge in [-0.15, -0.1) is 0 Å². The number of nitrogens with two attached hydrogens (primary N) is 1. The molecule has 0 saturated carbocycles. The maximum Gasteiger partial charge on any atom is 0.239 e. The molecule has 1 aromatic carbocycles. The Bertz CT molecular complexity index is 450. The number of ether oxygens (including phenoxy) is 2. The van der Waals surface area contributed by atoms with Gasteiger partial charge in [0.1, 0.15) is 6.04 Å². The van der Waals surface area contributed by atoms with E-state index in [0.717, 1.165) is 17.7 Å². The molecule has 104 valence electrons. The molecule has 1 aromatic rings. The van der Waals surface area contributed by atoms with E-state index in [1.807, 2.05) is 18.2 Å². The molecule has 0 aliphatic carbocycles. The van der Waals surface area contributed by atoms with Crippen LogP contribution in [-0.2, 0) is 11.3 Å². The van der Waals surface area contributed by atoms with Gasteiger partial charge in [-0.2, -0.15) is 0 Å². The van der Waals surface area contributed by atoms with Crippen LogP contribution in [0.5, 0.6) is 11.5 Å². The predicted molar refractivity (Wildman–Crippen MR) is 69.0 cm³/mol. The lowest BCUT2D eigenvalue weighted by Crippen LogP contribution is -2.42. The summed E-state index contributed by atoms with van der Waals surface area (Å²) in [7, 11) is 0. The van der Waals surface area contributed by atoms with Crippen LogP contribution < -0.4 is 20.5 Å². The zero-order valence-electron chi connectivity index (χ0n) is 10.6. The van der Waals surface area contributed by atoms with Crippen molar-refractivity contribution in [3.63, 3.8) is 0 Å². The molecule has 1 atom stereocenters. The molecular weight excluding hydrogens is 248 g/mol. The highest BCUT2D eigenvalue weighted by atomic mass is 16.5. The number of carbonyl (C=O) groups is 1. The zero-order valence-corrected chi connectivity index (χ0v) is 10.6. The van der Waals surface area contributed by atoms with Crippen LogP contribution in [-0.4, -0.2) is 36.9 Å². The van der Waals surface area contributed by atoms with Gasteiger partial charge in [0.25, 0.3) is 0 Å². The molecule has 1 amide bonds. The Morgan fingerprint density at radius 3 is 2.84 bits per heavy atom. The summed E-state index contributed by atoms with van der Waals surface area (Å²) in [4.78, 5) is 11.4. The third-order valence-corrected chi connectivity index (χ3v) is 2.81. The van der Waals surface area contributed by atoms with E-state index in [4.69, 9.17) is 20.3 Å². The lowest BCUT2D eigenvalue weighted by Gasteiger charge is -2.12. The van der Waals surface area contributed by atoms with Gasteiger partial charge in [0.2, 0.25) is 5.91 Å². The molecular formula is C13H18N2O4. The second kappa shape index (κ2) is 6.40. The molecule has 1 heterocycles. The largest absolute Gasteiger partial charge is 0.490 e. The Kier molecular flexibility index (Phi) is 4.59. The van der Waals surface area contributed by atoms with Crippen molar-refractivity contribution >= 4 is 5.91 Å². The summed E-state index contributed by atoms with van der Waals surface area (Å²) in [6.07, 6.45) is 0.853. The number of amides is 1. The number of aliphatic hydroxyl groups is 1. The van der Waals surface area contributed by atoms with Gasteiger partial charge in [0, 0.05) is 13.0 Å². The molecule has 19 heavy (non-hydrogen) atoms. The SMILES string of the molecule is NC(CO)C(=O)NCc1ccc2c(c1)OCCCO2. The molecule has 0 spiro atoms. The topological polar surface area (TPSA) is 93.8 Å². The fourth-order valence-corrected chi connectivity index (χ4v) is 1.72. The van der Waals surface area contributed by atoms with Crippen LogP contribution in [0.15, 0.2) is 18.2 Å². The Hall–Kier alpha value is -1.79. The number of hydrogen-bond acceptors (Lipinski definition) is 5. The quantitative estimate of drug-likeness (QED) is 0.700. The fraction of sp³-hybridized carbons (Fsp3) is 0.462. The summed E-state index contributed by atoms with van der Waals surface area (Å²) in [6.45, 7) is 1.24. The first-order valence-corrected chi connectivity index (χ1v) is 6.23. The molecule has 0 saturated heterocycles. The van der Waals surface area contributed by atoms with Gasteiger partial charge in [-0.25, -0.2) is 0 Å². The summed E-state index contributed by atoms with van der Waals surface area (Å²) in [5.41, 5.74) is 6.30. The first-order chi connectivity index (χ1) is 9.20. The Morgan fingerprint density at radius 2 is 2.11 bits per heavy atom.